The number of hydrogen-bond donors (Lipinski definition) is 1. The molecule has 1 aromatic carbocycles. The number of hydrogen-bond acceptors (Lipinski definition) is 3. The maximum absolute atomic E-state index is 13.4. The van der Waals surface area contributed by atoms with Crippen LogP contribution in [0.15, 0.2) is 18.2 Å². The minimum Gasteiger partial charge on any atom is -0.383 e. The normalized spacial score (nSPS) is 23.2. The molecule has 4 nitrogen and oxygen atoms in total. The van der Waals surface area contributed by atoms with Crippen LogP contribution in [0.1, 0.15) is 23.6 Å². The van der Waals surface area contributed by atoms with Crippen LogP contribution in [0.2, 0.25) is 0 Å². The summed E-state index contributed by atoms with van der Waals surface area (Å²) in [5, 5.41) is 0. The molecule has 0 saturated carbocycles. The third-order valence-electron chi connectivity index (χ3n) is 3.57. The summed E-state index contributed by atoms with van der Waals surface area (Å²) in [5.41, 5.74) is 7.79. The van der Waals surface area contributed by atoms with E-state index in [0.717, 1.165) is 11.1 Å². The van der Waals surface area contributed by atoms with E-state index >= 15 is 0 Å². The maximum atomic E-state index is 13.4. The van der Waals surface area contributed by atoms with Crippen molar-refractivity contribution in [3.8, 4) is 0 Å². The zero-order valence-corrected chi connectivity index (χ0v) is 11.2. The van der Waals surface area contributed by atoms with Crippen LogP contribution in [0.4, 0.5) is 4.39 Å². The number of methoxy groups -OCH3 is 1. The van der Waals surface area contributed by atoms with Crippen molar-refractivity contribution >= 4 is 5.91 Å². The lowest BCUT2D eigenvalue weighted by Gasteiger charge is -2.28. The van der Waals surface area contributed by atoms with Crippen molar-refractivity contribution in [2.75, 3.05) is 20.3 Å². The summed E-state index contributed by atoms with van der Waals surface area (Å²) in [7, 11) is 1.59. The number of aryl methyl sites for hydroxylation is 1. The molecule has 1 saturated heterocycles. The van der Waals surface area contributed by atoms with Gasteiger partial charge < -0.3 is 15.4 Å². The number of ether oxygens (including phenoxy) is 1. The fraction of sp³-hybridized carbons (Fsp3) is 0.500. The van der Waals surface area contributed by atoms with Crippen LogP contribution in [0, 0.1) is 12.7 Å². The first-order chi connectivity index (χ1) is 9.04. The molecule has 0 radical (unpaired) electrons. The minimum atomic E-state index is -0.307. The van der Waals surface area contributed by atoms with E-state index < -0.39 is 0 Å². The first-order valence-electron chi connectivity index (χ1n) is 6.34. The Kier molecular flexibility index (Phi) is 4.17. The number of carbonyl (C=O) groups is 1. The van der Waals surface area contributed by atoms with Gasteiger partial charge in [0.25, 0.3) is 0 Å². The lowest BCUT2D eigenvalue weighted by Crippen LogP contribution is -2.35. The highest BCUT2D eigenvalue weighted by molar-refractivity contribution is 5.80. The second-order valence-corrected chi connectivity index (χ2v) is 4.89. The summed E-state index contributed by atoms with van der Waals surface area (Å²) in [6, 6.07) is 4.04. The Balaban J connectivity index is 2.33. The summed E-state index contributed by atoms with van der Waals surface area (Å²) in [4.78, 5) is 13.7. The van der Waals surface area contributed by atoms with Crippen LogP contribution in [0.25, 0.3) is 0 Å². The molecule has 0 aromatic heterocycles. The van der Waals surface area contributed by atoms with Gasteiger partial charge in [0.05, 0.1) is 12.6 Å². The van der Waals surface area contributed by atoms with E-state index in [9.17, 15) is 9.18 Å². The van der Waals surface area contributed by atoms with Crippen LogP contribution in [-0.4, -0.2) is 37.1 Å². The number of likely N-dealkylation sites (tertiary alicyclic amines) is 1. The highest BCUT2D eigenvalue weighted by Gasteiger charge is 2.39. The molecule has 2 unspecified atom stereocenters. The molecular formula is C14H19FN2O2. The van der Waals surface area contributed by atoms with Crippen molar-refractivity contribution in [3.05, 3.63) is 35.1 Å². The van der Waals surface area contributed by atoms with Gasteiger partial charge in [-0.05, 0) is 30.2 Å². The number of nitrogens with zero attached hydrogens (tertiary/aromatic N) is 1. The van der Waals surface area contributed by atoms with E-state index in [1.54, 1.807) is 18.1 Å². The van der Waals surface area contributed by atoms with Crippen LogP contribution in [0.3, 0.4) is 0 Å². The van der Waals surface area contributed by atoms with Crippen molar-refractivity contribution in [2.24, 2.45) is 5.73 Å². The molecule has 2 atom stereocenters. The van der Waals surface area contributed by atoms with Crippen LogP contribution in [0.5, 0.6) is 0 Å². The van der Waals surface area contributed by atoms with E-state index in [2.05, 4.69) is 0 Å². The molecule has 0 bridgehead atoms. The molecule has 1 fully saturated rings. The van der Waals surface area contributed by atoms with Gasteiger partial charge in [-0.3, -0.25) is 4.79 Å². The Labute approximate surface area is 112 Å². The fourth-order valence-corrected chi connectivity index (χ4v) is 2.60. The Morgan fingerprint density at radius 3 is 2.95 bits per heavy atom. The van der Waals surface area contributed by atoms with Crippen molar-refractivity contribution < 1.29 is 13.9 Å². The van der Waals surface area contributed by atoms with Crippen molar-refractivity contribution in [2.45, 2.75) is 25.4 Å². The minimum absolute atomic E-state index is 0.00166. The van der Waals surface area contributed by atoms with E-state index in [4.69, 9.17) is 10.5 Å². The highest BCUT2D eigenvalue weighted by Crippen LogP contribution is 2.33. The topological polar surface area (TPSA) is 55.6 Å². The third kappa shape index (κ3) is 2.77. The first kappa shape index (κ1) is 14.0. The molecule has 2 N–H and O–H groups in total. The average Bonchev–Trinajstić information content (AvgIpc) is 2.64. The van der Waals surface area contributed by atoms with Gasteiger partial charge in [0.15, 0.2) is 0 Å². The molecule has 1 aliphatic rings. The zero-order chi connectivity index (χ0) is 14.0. The molecule has 5 heteroatoms. The number of amides is 1. The fourth-order valence-electron chi connectivity index (χ4n) is 2.60. The summed E-state index contributed by atoms with van der Waals surface area (Å²) < 4.78 is 18.5. The van der Waals surface area contributed by atoms with Gasteiger partial charge in [0, 0.05) is 26.1 Å². The predicted octanol–water partition coefficient (Wildman–Crippen LogP) is 1.38. The van der Waals surface area contributed by atoms with Gasteiger partial charge in [-0.1, -0.05) is 6.07 Å². The lowest BCUT2D eigenvalue weighted by molar-refractivity contribution is -0.129. The summed E-state index contributed by atoms with van der Waals surface area (Å²) in [5.74, 6) is -0.308. The number of carbonyl (C=O) groups excluding carboxylic acids is 1. The molecule has 1 aromatic rings. The molecule has 19 heavy (non-hydrogen) atoms. The van der Waals surface area contributed by atoms with Gasteiger partial charge in [-0.15, -0.1) is 0 Å². The summed E-state index contributed by atoms with van der Waals surface area (Å²) in [6.45, 7) is 2.83. The van der Waals surface area contributed by atoms with Crippen molar-refractivity contribution in [1.82, 2.24) is 4.90 Å². The van der Waals surface area contributed by atoms with Crippen LogP contribution < -0.4 is 5.73 Å². The quantitative estimate of drug-likeness (QED) is 0.895. The second kappa shape index (κ2) is 5.67. The smallest absolute Gasteiger partial charge is 0.224 e. The average molecular weight is 266 g/mol. The summed E-state index contributed by atoms with van der Waals surface area (Å²) in [6.07, 6.45) is 0.296. The number of halogens is 1. The first-order valence-corrected chi connectivity index (χ1v) is 6.34. The molecule has 1 heterocycles. The molecular weight excluding hydrogens is 247 g/mol. The lowest BCUT2D eigenvalue weighted by atomic mass is 9.96. The predicted molar refractivity (Wildman–Crippen MR) is 70.1 cm³/mol. The van der Waals surface area contributed by atoms with E-state index in [1.807, 2.05) is 6.92 Å². The highest BCUT2D eigenvalue weighted by atomic mass is 19.1. The third-order valence-corrected chi connectivity index (χ3v) is 3.57. The largest absolute Gasteiger partial charge is 0.383 e. The van der Waals surface area contributed by atoms with Gasteiger partial charge >= 0.3 is 0 Å². The van der Waals surface area contributed by atoms with Crippen LogP contribution in [-0.2, 0) is 9.53 Å². The molecule has 0 aliphatic carbocycles. The second-order valence-electron chi connectivity index (χ2n) is 4.89. The van der Waals surface area contributed by atoms with Crippen molar-refractivity contribution in [1.29, 1.82) is 0 Å². The monoisotopic (exact) mass is 266 g/mol. The van der Waals surface area contributed by atoms with Crippen LogP contribution >= 0.6 is 0 Å². The van der Waals surface area contributed by atoms with E-state index in [-0.39, 0.29) is 23.8 Å². The number of nitrogens with two attached hydrogens (primary N) is 1. The molecule has 2 rings (SSSR count). The number of benzene rings is 1. The molecule has 1 amide bonds. The van der Waals surface area contributed by atoms with E-state index in [1.165, 1.54) is 12.1 Å². The molecule has 0 spiro atoms. The molecule has 1 aliphatic heterocycles. The molecule has 104 valence electrons. The Morgan fingerprint density at radius 2 is 2.26 bits per heavy atom. The van der Waals surface area contributed by atoms with Gasteiger partial charge in [-0.2, -0.15) is 0 Å². The Hall–Kier alpha value is -1.46. The maximum Gasteiger partial charge on any atom is 0.224 e. The van der Waals surface area contributed by atoms with Gasteiger partial charge in [0.2, 0.25) is 5.91 Å². The standard InChI is InChI=1S/C14H19FN2O2/c1-9-3-4-10(15)7-11(9)14-12(16)8-13(18)17(14)5-6-19-2/h3-4,7,12,14H,5-6,8,16H2,1-2H3. The SMILES string of the molecule is COCCN1C(=O)CC(N)C1c1cc(F)ccc1C. The van der Waals surface area contributed by atoms with E-state index in [0.29, 0.717) is 19.6 Å². The summed E-state index contributed by atoms with van der Waals surface area (Å²) >= 11 is 0. The van der Waals surface area contributed by atoms with Gasteiger partial charge in [-0.25, -0.2) is 4.39 Å². The van der Waals surface area contributed by atoms with Gasteiger partial charge in [0.1, 0.15) is 5.82 Å². The zero-order valence-electron chi connectivity index (χ0n) is 11.2. The van der Waals surface area contributed by atoms with Crippen molar-refractivity contribution in [3.63, 3.8) is 0 Å². The Morgan fingerprint density at radius 1 is 1.53 bits per heavy atom. The number of rotatable bonds is 4. The Bertz CT molecular complexity index is 479.